The molecule has 110 valence electrons. The predicted molar refractivity (Wildman–Crippen MR) is 79.1 cm³/mol. The third-order valence-electron chi connectivity index (χ3n) is 2.49. The Morgan fingerprint density at radius 3 is 2.45 bits per heavy atom. The number of nitrogens with zero attached hydrogens (tertiary/aromatic N) is 1. The van der Waals surface area contributed by atoms with E-state index in [1.54, 1.807) is 7.05 Å². The molecule has 0 aromatic heterocycles. The fourth-order valence-corrected chi connectivity index (χ4v) is 2.85. The van der Waals surface area contributed by atoms with E-state index in [2.05, 4.69) is 37.2 Å². The molecule has 0 amide bonds. The minimum atomic E-state index is -0.960. The monoisotopic (exact) mass is 410 g/mol. The second-order valence-corrected chi connectivity index (χ2v) is 5.52. The number of carbonyl (C=O) groups is 1. The molecule has 1 aromatic rings. The summed E-state index contributed by atoms with van der Waals surface area (Å²) in [4.78, 5) is 21.0. The van der Waals surface area contributed by atoms with Gasteiger partial charge in [-0.05, 0) is 38.9 Å². The maximum atomic E-state index is 10.8. The van der Waals surface area contributed by atoms with E-state index in [0.717, 1.165) is 0 Å². The van der Waals surface area contributed by atoms with Crippen LogP contribution in [-0.4, -0.2) is 35.7 Å². The van der Waals surface area contributed by atoms with Crippen molar-refractivity contribution in [2.75, 3.05) is 13.7 Å². The molecule has 7 nitrogen and oxygen atoms in total. The first-order chi connectivity index (χ1) is 9.36. The standard InChI is InChI=1S/C11H12Br2N2O5/c1-14-9(11(16)17)2-3-20-10-7(12)4-6(15(18)19)5-8(10)13/h4-5,9,14H,2-3H2,1H3,(H,16,17). The fraction of sp³-hybridized carbons (Fsp3) is 0.364. The third kappa shape index (κ3) is 4.43. The first-order valence-electron chi connectivity index (χ1n) is 5.53. The fourth-order valence-electron chi connectivity index (χ4n) is 1.46. The van der Waals surface area contributed by atoms with Gasteiger partial charge in [-0.25, -0.2) is 0 Å². The van der Waals surface area contributed by atoms with Gasteiger partial charge < -0.3 is 15.2 Å². The largest absolute Gasteiger partial charge is 0.491 e. The number of non-ortho nitro benzene ring substituents is 1. The molecule has 0 aliphatic rings. The normalized spacial score (nSPS) is 11.9. The first kappa shape index (κ1) is 16.9. The number of rotatable bonds is 7. The number of hydrogen-bond donors (Lipinski definition) is 2. The van der Waals surface area contributed by atoms with Crippen molar-refractivity contribution in [1.82, 2.24) is 5.32 Å². The van der Waals surface area contributed by atoms with Crippen LogP contribution in [0.25, 0.3) is 0 Å². The number of nitro groups is 1. The number of ether oxygens (including phenoxy) is 1. The van der Waals surface area contributed by atoms with Crippen molar-refractivity contribution in [1.29, 1.82) is 0 Å². The van der Waals surface area contributed by atoms with Gasteiger partial charge in [0.1, 0.15) is 11.8 Å². The molecule has 1 rings (SSSR count). The molecule has 0 spiro atoms. The van der Waals surface area contributed by atoms with Crippen LogP contribution >= 0.6 is 31.9 Å². The summed E-state index contributed by atoms with van der Waals surface area (Å²) in [5.41, 5.74) is -0.0743. The summed E-state index contributed by atoms with van der Waals surface area (Å²) in [5, 5.41) is 22.2. The Morgan fingerprint density at radius 1 is 1.50 bits per heavy atom. The minimum Gasteiger partial charge on any atom is -0.491 e. The molecule has 1 aromatic carbocycles. The van der Waals surface area contributed by atoms with Gasteiger partial charge in [-0.2, -0.15) is 0 Å². The Labute approximate surface area is 131 Å². The highest BCUT2D eigenvalue weighted by molar-refractivity contribution is 9.11. The van der Waals surface area contributed by atoms with E-state index in [9.17, 15) is 14.9 Å². The number of halogens is 2. The second-order valence-electron chi connectivity index (χ2n) is 3.81. The van der Waals surface area contributed by atoms with Crippen molar-refractivity contribution in [2.45, 2.75) is 12.5 Å². The molecule has 0 fully saturated rings. The summed E-state index contributed by atoms with van der Waals surface area (Å²) >= 11 is 6.38. The van der Waals surface area contributed by atoms with Crippen molar-refractivity contribution in [3.05, 3.63) is 31.2 Å². The van der Waals surface area contributed by atoms with Gasteiger partial charge in [0.05, 0.1) is 20.5 Å². The number of benzene rings is 1. The Kier molecular flexibility index (Phi) is 6.37. The van der Waals surface area contributed by atoms with Gasteiger partial charge in [0.15, 0.2) is 0 Å². The van der Waals surface area contributed by atoms with Crippen molar-refractivity contribution in [2.24, 2.45) is 0 Å². The molecule has 2 N–H and O–H groups in total. The van der Waals surface area contributed by atoms with Gasteiger partial charge >= 0.3 is 5.97 Å². The minimum absolute atomic E-state index is 0.0743. The van der Waals surface area contributed by atoms with Crippen LogP contribution in [-0.2, 0) is 4.79 Å². The Morgan fingerprint density at radius 2 is 2.05 bits per heavy atom. The molecule has 0 aliphatic heterocycles. The zero-order valence-corrected chi connectivity index (χ0v) is 13.6. The molecule has 20 heavy (non-hydrogen) atoms. The molecular formula is C11H12Br2N2O5. The number of likely N-dealkylation sites (N-methyl/N-ethyl adjacent to an activating group) is 1. The van der Waals surface area contributed by atoms with E-state index in [1.807, 2.05) is 0 Å². The van der Waals surface area contributed by atoms with Crippen molar-refractivity contribution < 1.29 is 19.6 Å². The average molecular weight is 412 g/mol. The Hall–Kier alpha value is -1.19. The molecule has 0 bridgehead atoms. The predicted octanol–water partition coefficient (Wildman–Crippen LogP) is 2.56. The van der Waals surface area contributed by atoms with Gasteiger partial charge in [0, 0.05) is 18.6 Å². The van der Waals surface area contributed by atoms with Crippen LogP contribution in [0.5, 0.6) is 5.75 Å². The summed E-state index contributed by atoms with van der Waals surface area (Å²) < 4.78 is 6.32. The summed E-state index contributed by atoms with van der Waals surface area (Å²) in [6, 6.07) is 1.95. The van der Waals surface area contributed by atoms with E-state index in [4.69, 9.17) is 9.84 Å². The molecule has 0 saturated heterocycles. The van der Waals surface area contributed by atoms with Crippen LogP contribution in [0.15, 0.2) is 21.1 Å². The zero-order valence-electron chi connectivity index (χ0n) is 10.4. The molecule has 9 heteroatoms. The van der Waals surface area contributed by atoms with Gasteiger partial charge in [0.25, 0.3) is 5.69 Å². The highest BCUT2D eigenvalue weighted by atomic mass is 79.9. The highest BCUT2D eigenvalue weighted by Gasteiger charge is 2.17. The van der Waals surface area contributed by atoms with E-state index in [1.165, 1.54) is 12.1 Å². The smallest absolute Gasteiger partial charge is 0.320 e. The number of aliphatic carboxylic acids is 1. The van der Waals surface area contributed by atoms with Crippen LogP contribution < -0.4 is 10.1 Å². The number of carboxylic acid groups (broad SMARTS) is 1. The van der Waals surface area contributed by atoms with Gasteiger partial charge in [-0.3, -0.25) is 14.9 Å². The van der Waals surface area contributed by atoms with Gasteiger partial charge in [-0.1, -0.05) is 0 Å². The topological polar surface area (TPSA) is 102 Å². The highest BCUT2D eigenvalue weighted by Crippen LogP contribution is 2.37. The van der Waals surface area contributed by atoms with Gasteiger partial charge in [0.2, 0.25) is 0 Å². The molecule has 1 unspecified atom stereocenters. The molecule has 0 heterocycles. The van der Waals surface area contributed by atoms with E-state index in [-0.39, 0.29) is 18.7 Å². The van der Waals surface area contributed by atoms with Crippen molar-refractivity contribution in [3.63, 3.8) is 0 Å². The van der Waals surface area contributed by atoms with Crippen molar-refractivity contribution >= 4 is 43.5 Å². The lowest BCUT2D eigenvalue weighted by Crippen LogP contribution is -2.35. The maximum absolute atomic E-state index is 10.8. The number of hydrogen-bond acceptors (Lipinski definition) is 5. The second kappa shape index (κ2) is 7.55. The first-order valence-corrected chi connectivity index (χ1v) is 7.11. The lowest BCUT2D eigenvalue weighted by atomic mass is 10.2. The van der Waals surface area contributed by atoms with Gasteiger partial charge in [-0.15, -0.1) is 0 Å². The van der Waals surface area contributed by atoms with Crippen LogP contribution in [0.1, 0.15) is 6.42 Å². The third-order valence-corrected chi connectivity index (χ3v) is 3.67. The summed E-state index contributed by atoms with van der Waals surface area (Å²) in [6.45, 7) is 0.160. The van der Waals surface area contributed by atoms with E-state index < -0.39 is 16.9 Å². The van der Waals surface area contributed by atoms with E-state index in [0.29, 0.717) is 14.7 Å². The lowest BCUT2D eigenvalue weighted by Gasteiger charge is -2.13. The number of nitro benzene ring substituents is 1. The Bertz CT molecular complexity index is 501. The van der Waals surface area contributed by atoms with Crippen LogP contribution in [0.2, 0.25) is 0 Å². The van der Waals surface area contributed by atoms with Crippen LogP contribution in [0, 0.1) is 10.1 Å². The Balaban J connectivity index is 2.74. The van der Waals surface area contributed by atoms with Crippen LogP contribution in [0.4, 0.5) is 5.69 Å². The molecule has 0 aliphatic carbocycles. The number of carboxylic acids is 1. The number of nitrogens with one attached hydrogen (secondary N) is 1. The van der Waals surface area contributed by atoms with E-state index >= 15 is 0 Å². The quantitative estimate of drug-likeness (QED) is 0.528. The molecule has 0 saturated carbocycles. The molecule has 1 atom stereocenters. The zero-order chi connectivity index (χ0) is 15.3. The summed E-state index contributed by atoms with van der Waals surface area (Å²) in [7, 11) is 1.55. The van der Waals surface area contributed by atoms with Crippen LogP contribution in [0.3, 0.4) is 0 Å². The SMILES string of the molecule is CNC(CCOc1c(Br)cc([N+](=O)[O-])cc1Br)C(=O)O. The molecule has 0 radical (unpaired) electrons. The molecular weight excluding hydrogens is 400 g/mol. The van der Waals surface area contributed by atoms with Crippen molar-refractivity contribution in [3.8, 4) is 5.75 Å². The maximum Gasteiger partial charge on any atom is 0.320 e. The summed E-state index contributed by atoms with van der Waals surface area (Å²) in [6.07, 6.45) is 0.266. The lowest BCUT2D eigenvalue weighted by molar-refractivity contribution is -0.385. The average Bonchev–Trinajstić information content (AvgIpc) is 2.36. The summed E-state index contributed by atoms with van der Waals surface area (Å²) in [5.74, 6) is -0.561.